The largest absolute Gasteiger partial charge is 0.418 e. The summed E-state index contributed by atoms with van der Waals surface area (Å²) in [5.41, 5.74) is 1.29. The summed E-state index contributed by atoms with van der Waals surface area (Å²) in [5.74, 6) is -0.826. The number of amides is 1. The van der Waals surface area contributed by atoms with E-state index in [-0.39, 0.29) is 18.0 Å². The van der Waals surface area contributed by atoms with Gasteiger partial charge in [-0.3, -0.25) is 14.8 Å². The van der Waals surface area contributed by atoms with Crippen LogP contribution in [-0.4, -0.2) is 41.1 Å². The van der Waals surface area contributed by atoms with Gasteiger partial charge in [0.25, 0.3) is 0 Å². The van der Waals surface area contributed by atoms with Gasteiger partial charge in [-0.15, -0.1) is 0 Å². The smallest absolute Gasteiger partial charge is 0.324 e. The third kappa shape index (κ3) is 6.39. The van der Waals surface area contributed by atoms with Crippen molar-refractivity contribution in [3.63, 3.8) is 0 Å². The normalized spacial score (nSPS) is 11.7. The van der Waals surface area contributed by atoms with E-state index in [9.17, 15) is 22.4 Å². The maximum Gasteiger partial charge on any atom is 0.418 e. The van der Waals surface area contributed by atoms with E-state index in [0.717, 1.165) is 17.3 Å². The number of aromatic nitrogens is 2. The molecule has 0 spiro atoms. The molecule has 1 heterocycles. The van der Waals surface area contributed by atoms with E-state index in [4.69, 9.17) is 0 Å². The molecule has 2 N–H and O–H groups in total. The Morgan fingerprint density at radius 1 is 1.13 bits per heavy atom. The Morgan fingerprint density at radius 2 is 1.84 bits per heavy atom. The Hall–Kier alpha value is -3.20. The van der Waals surface area contributed by atoms with Crippen molar-refractivity contribution in [3.8, 4) is 11.3 Å². The summed E-state index contributed by atoms with van der Waals surface area (Å²) in [5, 5.41) is 9.50. The lowest BCUT2D eigenvalue weighted by molar-refractivity contribution is -0.137. The summed E-state index contributed by atoms with van der Waals surface area (Å²) in [7, 11) is 1.73. The molecule has 0 atom stereocenters. The third-order valence-electron chi connectivity index (χ3n) is 4.68. The molecule has 0 aliphatic carbocycles. The van der Waals surface area contributed by atoms with E-state index in [1.807, 2.05) is 6.07 Å². The van der Waals surface area contributed by atoms with E-state index in [1.165, 1.54) is 30.3 Å². The van der Waals surface area contributed by atoms with Crippen molar-refractivity contribution in [2.75, 3.05) is 25.5 Å². The van der Waals surface area contributed by atoms with Gasteiger partial charge in [-0.25, -0.2) is 4.39 Å². The van der Waals surface area contributed by atoms with Crippen molar-refractivity contribution >= 4 is 11.6 Å². The Kier molecular flexibility index (Phi) is 7.06. The van der Waals surface area contributed by atoms with Gasteiger partial charge >= 0.3 is 6.18 Å². The van der Waals surface area contributed by atoms with Crippen LogP contribution in [0, 0.1) is 5.82 Å². The number of carbonyl (C=O) groups is 1. The quantitative estimate of drug-likeness (QED) is 0.504. The molecule has 3 rings (SSSR count). The number of hydrogen-bond acceptors (Lipinski definition) is 3. The van der Waals surface area contributed by atoms with Crippen LogP contribution in [-0.2, 0) is 17.4 Å². The molecule has 164 valence electrons. The van der Waals surface area contributed by atoms with Crippen molar-refractivity contribution < 1.29 is 22.4 Å². The van der Waals surface area contributed by atoms with Gasteiger partial charge in [0.15, 0.2) is 0 Å². The number of alkyl halides is 3. The monoisotopic (exact) mass is 434 g/mol. The summed E-state index contributed by atoms with van der Waals surface area (Å²) >= 11 is 0. The van der Waals surface area contributed by atoms with E-state index >= 15 is 0 Å². The Morgan fingerprint density at radius 3 is 2.55 bits per heavy atom. The zero-order valence-electron chi connectivity index (χ0n) is 16.8. The van der Waals surface area contributed by atoms with Crippen LogP contribution in [0.3, 0.4) is 0 Å². The second-order valence-electron chi connectivity index (χ2n) is 7.22. The van der Waals surface area contributed by atoms with E-state index in [0.29, 0.717) is 25.1 Å². The second kappa shape index (κ2) is 9.74. The number of nitrogens with one attached hydrogen (secondary N) is 2. The number of rotatable bonds is 8. The fourth-order valence-corrected chi connectivity index (χ4v) is 3.15. The second-order valence-corrected chi connectivity index (χ2v) is 7.22. The number of anilines is 1. The summed E-state index contributed by atoms with van der Waals surface area (Å²) in [4.78, 5) is 13.9. The van der Waals surface area contributed by atoms with Crippen LogP contribution >= 0.6 is 0 Å². The van der Waals surface area contributed by atoms with Crippen LogP contribution in [0.15, 0.2) is 54.6 Å². The molecule has 0 aliphatic heterocycles. The molecule has 0 bridgehead atoms. The summed E-state index contributed by atoms with van der Waals surface area (Å²) in [6, 6.07) is 12.8. The van der Waals surface area contributed by atoms with E-state index < -0.39 is 17.6 Å². The van der Waals surface area contributed by atoms with Crippen LogP contribution in [0.5, 0.6) is 0 Å². The highest BCUT2D eigenvalue weighted by atomic mass is 19.4. The fraction of sp³-hybridized carbons (Fsp3) is 0.273. The number of nitrogens with zero attached hydrogens (tertiary/aromatic N) is 2. The van der Waals surface area contributed by atoms with Gasteiger partial charge in [0.2, 0.25) is 5.91 Å². The molecule has 9 heteroatoms. The molecule has 0 aliphatic rings. The molecule has 3 aromatic rings. The highest BCUT2D eigenvalue weighted by Crippen LogP contribution is 2.34. The molecule has 31 heavy (non-hydrogen) atoms. The predicted molar refractivity (Wildman–Crippen MR) is 110 cm³/mol. The van der Waals surface area contributed by atoms with Gasteiger partial charge in [0.1, 0.15) is 5.82 Å². The average molecular weight is 434 g/mol. The first-order chi connectivity index (χ1) is 14.7. The van der Waals surface area contributed by atoms with Crippen molar-refractivity contribution in [2.24, 2.45) is 0 Å². The number of benzene rings is 2. The molecule has 0 unspecified atom stereocenters. The molecule has 0 radical (unpaired) electrons. The Bertz CT molecular complexity index is 1010. The van der Waals surface area contributed by atoms with Gasteiger partial charge in [-0.1, -0.05) is 12.1 Å². The third-order valence-corrected chi connectivity index (χ3v) is 4.68. The van der Waals surface area contributed by atoms with E-state index in [2.05, 4.69) is 15.5 Å². The number of aromatic amines is 1. The summed E-state index contributed by atoms with van der Waals surface area (Å²) in [6.45, 7) is 0.537. The lowest BCUT2D eigenvalue weighted by atomic mass is 10.1. The number of aryl methyl sites for hydroxylation is 1. The van der Waals surface area contributed by atoms with Crippen molar-refractivity contribution in [2.45, 2.75) is 19.0 Å². The Labute approximate surface area is 177 Å². The van der Waals surface area contributed by atoms with E-state index in [1.54, 1.807) is 24.1 Å². The fourth-order valence-electron chi connectivity index (χ4n) is 3.15. The molecule has 0 saturated carbocycles. The number of hydrogen-bond donors (Lipinski definition) is 2. The summed E-state index contributed by atoms with van der Waals surface area (Å²) in [6.07, 6.45) is -3.14. The maximum absolute atomic E-state index is 13.0. The van der Waals surface area contributed by atoms with Gasteiger partial charge in [-0.05, 0) is 68.9 Å². The molecular weight excluding hydrogens is 412 g/mol. The molecule has 0 saturated heterocycles. The minimum Gasteiger partial charge on any atom is -0.324 e. The van der Waals surface area contributed by atoms with Crippen molar-refractivity contribution in [1.29, 1.82) is 0 Å². The highest BCUT2D eigenvalue weighted by Gasteiger charge is 2.33. The first-order valence-corrected chi connectivity index (χ1v) is 9.67. The number of carbonyl (C=O) groups excluding carboxylic acids is 1. The zero-order valence-corrected chi connectivity index (χ0v) is 16.8. The molecular formula is C22H22F4N4O. The first-order valence-electron chi connectivity index (χ1n) is 9.67. The number of halogens is 4. The van der Waals surface area contributed by atoms with Crippen molar-refractivity contribution in [3.05, 3.63) is 71.7 Å². The first kappa shape index (κ1) is 22.5. The number of H-pyrrole nitrogens is 1. The lowest BCUT2D eigenvalue weighted by Gasteiger charge is -2.17. The minimum absolute atomic E-state index is 0.0317. The summed E-state index contributed by atoms with van der Waals surface area (Å²) < 4.78 is 52.1. The molecule has 1 amide bonds. The average Bonchev–Trinajstić information content (AvgIpc) is 3.17. The van der Waals surface area contributed by atoms with Gasteiger partial charge in [0.05, 0.1) is 23.5 Å². The number of para-hydroxylation sites is 1. The topological polar surface area (TPSA) is 61.0 Å². The van der Waals surface area contributed by atoms with Crippen molar-refractivity contribution in [1.82, 2.24) is 15.1 Å². The highest BCUT2D eigenvalue weighted by molar-refractivity contribution is 5.93. The predicted octanol–water partition coefficient (Wildman–Crippen LogP) is 4.74. The number of likely N-dealkylation sites (N-methyl/N-ethyl adjacent to an activating group) is 1. The minimum atomic E-state index is -4.54. The van der Waals surface area contributed by atoms with Gasteiger partial charge < -0.3 is 5.32 Å². The van der Waals surface area contributed by atoms with Crippen LogP contribution in [0.2, 0.25) is 0 Å². The molecule has 1 aromatic heterocycles. The van der Waals surface area contributed by atoms with Crippen LogP contribution < -0.4 is 5.32 Å². The van der Waals surface area contributed by atoms with Gasteiger partial charge in [-0.2, -0.15) is 18.3 Å². The van der Waals surface area contributed by atoms with Crippen LogP contribution in [0.25, 0.3) is 11.3 Å². The van der Waals surface area contributed by atoms with Crippen LogP contribution in [0.4, 0.5) is 23.2 Å². The van der Waals surface area contributed by atoms with Crippen LogP contribution in [0.1, 0.15) is 17.7 Å². The maximum atomic E-state index is 13.0. The lowest BCUT2D eigenvalue weighted by Crippen LogP contribution is -2.31. The van der Waals surface area contributed by atoms with Gasteiger partial charge in [0, 0.05) is 11.3 Å². The molecule has 5 nitrogen and oxygen atoms in total. The zero-order chi connectivity index (χ0) is 22.4. The standard InChI is InChI=1S/C22H22F4N4O/c1-30(14-21(31)27-19-7-3-2-6-18(19)22(24,25)26)12-4-5-17-13-20(29-28-17)15-8-10-16(23)11-9-15/h2-3,6-11,13H,4-5,12,14H2,1H3,(H,27,31)(H,28,29). The SMILES string of the molecule is CN(CCCc1cc(-c2ccc(F)cc2)n[nH]1)CC(=O)Nc1ccccc1C(F)(F)F. The Balaban J connectivity index is 1.46. The molecule has 2 aromatic carbocycles. The molecule has 0 fully saturated rings.